The standard InChI is InChI=1S/C18H21N7O/c19-12-1-3-13(4-2-12)22-17-18-24-15(16(20)26)10-25(18)9-14(23-17)11-5-7-21-8-6-11/h5-10,12-13H,1-4,19H2,(H2,20,26)(H,22,23). The summed E-state index contributed by atoms with van der Waals surface area (Å²) >= 11 is 0. The molecular formula is C18H21N7O. The minimum atomic E-state index is -0.561. The van der Waals surface area contributed by atoms with E-state index >= 15 is 0 Å². The van der Waals surface area contributed by atoms with E-state index in [0.717, 1.165) is 36.9 Å². The average molecular weight is 351 g/mol. The molecule has 1 amide bonds. The van der Waals surface area contributed by atoms with Crippen molar-refractivity contribution in [3.63, 3.8) is 0 Å². The number of anilines is 1. The molecule has 1 aliphatic carbocycles. The molecule has 1 aliphatic rings. The van der Waals surface area contributed by atoms with Crippen molar-refractivity contribution in [2.45, 2.75) is 37.8 Å². The molecule has 0 radical (unpaired) electrons. The lowest BCUT2D eigenvalue weighted by molar-refractivity contribution is 0.0996. The van der Waals surface area contributed by atoms with E-state index < -0.39 is 5.91 Å². The Morgan fingerprint density at radius 1 is 1.12 bits per heavy atom. The normalized spacial score (nSPS) is 20.2. The van der Waals surface area contributed by atoms with Crippen molar-refractivity contribution in [2.24, 2.45) is 11.5 Å². The maximum Gasteiger partial charge on any atom is 0.268 e. The van der Waals surface area contributed by atoms with Crippen molar-refractivity contribution < 1.29 is 4.79 Å². The Bertz CT molecular complexity index is 929. The van der Waals surface area contributed by atoms with E-state index in [0.29, 0.717) is 11.5 Å². The number of pyridine rings is 1. The first-order valence-electron chi connectivity index (χ1n) is 8.72. The third-order valence-electron chi connectivity index (χ3n) is 4.78. The van der Waals surface area contributed by atoms with E-state index in [1.807, 2.05) is 18.3 Å². The van der Waals surface area contributed by atoms with Crippen LogP contribution >= 0.6 is 0 Å². The number of carbonyl (C=O) groups is 1. The first-order chi connectivity index (χ1) is 12.6. The number of nitrogens with zero attached hydrogens (tertiary/aromatic N) is 4. The lowest BCUT2D eigenvalue weighted by Crippen LogP contribution is -2.33. The Balaban J connectivity index is 1.76. The Kier molecular flexibility index (Phi) is 4.26. The zero-order valence-electron chi connectivity index (χ0n) is 14.3. The van der Waals surface area contributed by atoms with E-state index in [9.17, 15) is 4.79 Å². The molecule has 0 saturated heterocycles. The maximum absolute atomic E-state index is 11.5. The molecular weight excluding hydrogens is 330 g/mol. The van der Waals surface area contributed by atoms with Crippen LogP contribution in [0, 0.1) is 0 Å². The average Bonchev–Trinajstić information content (AvgIpc) is 3.09. The fourth-order valence-corrected chi connectivity index (χ4v) is 3.33. The van der Waals surface area contributed by atoms with Crippen LogP contribution in [-0.2, 0) is 0 Å². The highest BCUT2D eigenvalue weighted by atomic mass is 16.1. The molecule has 134 valence electrons. The second kappa shape index (κ2) is 6.72. The van der Waals surface area contributed by atoms with Gasteiger partial charge in [0, 0.05) is 42.4 Å². The molecule has 0 aromatic carbocycles. The summed E-state index contributed by atoms with van der Waals surface area (Å²) in [5.74, 6) is 0.0843. The highest BCUT2D eigenvalue weighted by molar-refractivity contribution is 5.92. The van der Waals surface area contributed by atoms with E-state index in [4.69, 9.17) is 16.5 Å². The van der Waals surface area contributed by atoms with Gasteiger partial charge in [0.2, 0.25) is 0 Å². The summed E-state index contributed by atoms with van der Waals surface area (Å²) in [6.45, 7) is 0. The van der Waals surface area contributed by atoms with Gasteiger partial charge in [-0.2, -0.15) is 0 Å². The minimum absolute atomic E-state index is 0.215. The van der Waals surface area contributed by atoms with Gasteiger partial charge >= 0.3 is 0 Å². The molecule has 0 unspecified atom stereocenters. The molecule has 3 aromatic heterocycles. The molecule has 26 heavy (non-hydrogen) atoms. The van der Waals surface area contributed by atoms with Crippen LogP contribution in [0.4, 0.5) is 5.82 Å². The number of carbonyl (C=O) groups excluding carboxylic acids is 1. The first kappa shape index (κ1) is 16.5. The summed E-state index contributed by atoms with van der Waals surface area (Å²) in [5.41, 5.74) is 13.9. The van der Waals surface area contributed by atoms with Crippen LogP contribution < -0.4 is 16.8 Å². The third kappa shape index (κ3) is 3.23. The predicted octanol–water partition coefficient (Wildman–Crippen LogP) is 1.57. The van der Waals surface area contributed by atoms with Crippen LogP contribution in [0.25, 0.3) is 16.9 Å². The fraction of sp³-hybridized carbons (Fsp3) is 0.333. The Labute approximate surface area is 150 Å². The van der Waals surface area contributed by atoms with Gasteiger partial charge in [0.1, 0.15) is 5.69 Å². The Morgan fingerprint density at radius 3 is 2.54 bits per heavy atom. The summed E-state index contributed by atoms with van der Waals surface area (Å²) in [6, 6.07) is 4.34. The number of imidazole rings is 1. The number of primary amides is 1. The van der Waals surface area contributed by atoms with Crippen molar-refractivity contribution in [2.75, 3.05) is 5.32 Å². The van der Waals surface area contributed by atoms with Crippen molar-refractivity contribution in [3.05, 3.63) is 42.6 Å². The highest BCUT2D eigenvalue weighted by Gasteiger charge is 2.21. The molecule has 8 heteroatoms. The smallest absolute Gasteiger partial charge is 0.268 e. The Hall–Kier alpha value is -3.00. The molecule has 8 nitrogen and oxygen atoms in total. The number of rotatable bonds is 4. The van der Waals surface area contributed by atoms with Crippen LogP contribution in [0.1, 0.15) is 36.2 Å². The molecule has 0 aliphatic heterocycles. The third-order valence-corrected chi connectivity index (χ3v) is 4.78. The maximum atomic E-state index is 11.5. The fourth-order valence-electron chi connectivity index (χ4n) is 3.33. The topological polar surface area (TPSA) is 124 Å². The summed E-state index contributed by atoms with van der Waals surface area (Å²) in [6.07, 6.45) is 10.9. The van der Waals surface area contributed by atoms with Gasteiger partial charge in [-0.05, 0) is 37.8 Å². The molecule has 3 aromatic rings. The summed E-state index contributed by atoms with van der Waals surface area (Å²) in [4.78, 5) is 24.7. The van der Waals surface area contributed by atoms with Crippen molar-refractivity contribution in [1.82, 2.24) is 19.4 Å². The number of fused-ring (bicyclic) bond motifs is 1. The van der Waals surface area contributed by atoms with E-state index in [1.165, 1.54) is 0 Å². The molecule has 5 N–H and O–H groups in total. The van der Waals surface area contributed by atoms with Crippen LogP contribution in [0.2, 0.25) is 0 Å². The van der Waals surface area contributed by atoms with Gasteiger partial charge in [-0.1, -0.05) is 0 Å². The van der Waals surface area contributed by atoms with Gasteiger partial charge in [-0.3, -0.25) is 9.78 Å². The van der Waals surface area contributed by atoms with Crippen molar-refractivity contribution >= 4 is 17.4 Å². The summed E-state index contributed by atoms with van der Waals surface area (Å²) in [5, 5.41) is 3.49. The zero-order valence-corrected chi connectivity index (χ0v) is 14.3. The summed E-state index contributed by atoms with van der Waals surface area (Å²) in [7, 11) is 0. The summed E-state index contributed by atoms with van der Waals surface area (Å²) < 4.78 is 1.79. The number of hydrogen-bond acceptors (Lipinski definition) is 6. The monoisotopic (exact) mass is 351 g/mol. The van der Waals surface area contributed by atoms with E-state index in [-0.39, 0.29) is 17.8 Å². The minimum Gasteiger partial charge on any atom is -0.364 e. The number of nitrogens with two attached hydrogens (primary N) is 2. The van der Waals surface area contributed by atoms with Crippen LogP contribution in [0.15, 0.2) is 36.9 Å². The number of hydrogen-bond donors (Lipinski definition) is 3. The highest BCUT2D eigenvalue weighted by Crippen LogP contribution is 2.26. The van der Waals surface area contributed by atoms with Gasteiger partial charge in [-0.25, -0.2) is 9.97 Å². The zero-order chi connectivity index (χ0) is 18.1. The Morgan fingerprint density at radius 2 is 1.85 bits per heavy atom. The quantitative estimate of drug-likeness (QED) is 0.655. The number of nitrogens with one attached hydrogen (secondary N) is 1. The molecule has 0 atom stereocenters. The van der Waals surface area contributed by atoms with Gasteiger partial charge in [0.25, 0.3) is 5.91 Å². The first-order valence-corrected chi connectivity index (χ1v) is 8.72. The largest absolute Gasteiger partial charge is 0.364 e. The van der Waals surface area contributed by atoms with Crippen molar-refractivity contribution in [3.8, 4) is 11.3 Å². The SMILES string of the molecule is NC(=O)c1cn2cc(-c3ccncc3)nc(NC3CCC(N)CC3)c2n1. The molecule has 0 bridgehead atoms. The molecule has 0 spiro atoms. The molecule has 3 heterocycles. The predicted molar refractivity (Wildman–Crippen MR) is 98.6 cm³/mol. The van der Waals surface area contributed by atoms with Gasteiger partial charge < -0.3 is 21.2 Å². The van der Waals surface area contributed by atoms with E-state index in [1.54, 1.807) is 23.0 Å². The van der Waals surface area contributed by atoms with Gasteiger partial charge in [0.15, 0.2) is 11.5 Å². The number of amides is 1. The van der Waals surface area contributed by atoms with Crippen LogP contribution in [-0.4, -0.2) is 37.3 Å². The second-order valence-corrected chi connectivity index (χ2v) is 6.69. The molecule has 1 fully saturated rings. The van der Waals surface area contributed by atoms with E-state index in [2.05, 4.69) is 15.3 Å². The molecule has 1 saturated carbocycles. The molecule has 4 rings (SSSR count). The van der Waals surface area contributed by atoms with Crippen molar-refractivity contribution in [1.29, 1.82) is 0 Å². The second-order valence-electron chi connectivity index (χ2n) is 6.69. The lowest BCUT2D eigenvalue weighted by atomic mass is 9.92. The van der Waals surface area contributed by atoms with Gasteiger partial charge in [-0.15, -0.1) is 0 Å². The number of aromatic nitrogens is 4. The van der Waals surface area contributed by atoms with Crippen LogP contribution in [0.5, 0.6) is 0 Å². The van der Waals surface area contributed by atoms with Crippen LogP contribution in [0.3, 0.4) is 0 Å². The lowest BCUT2D eigenvalue weighted by Gasteiger charge is -2.27. The van der Waals surface area contributed by atoms with Gasteiger partial charge in [0.05, 0.1) is 5.69 Å².